The molecule has 0 spiro atoms. The molecule has 3 N–H and O–H groups in total. The van der Waals surface area contributed by atoms with Crippen LogP contribution in [0.3, 0.4) is 0 Å². The number of nitrogens with zero attached hydrogens (tertiary/aromatic N) is 1. The van der Waals surface area contributed by atoms with Crippen molar-refractivity contribution < 1.29 is 9.90 Å². The molecule has 4 heteroatoms. The highest BCUT2D eigenvalue weighted by molar-refractivity contribution is 5.87. The van der Waals surface area contributed by atoms with Crippen LogP contribution in [0.4, 0.5) is 0 Å². The zero-order valence-corrected chi connectivity index (χ0v) is 8.29. The molecule has 0 aromatic rings. The van der Waals surface area contributed by atoms with Crippen molar-refractivity contribution in [2.45, 2.75) is 38.3 Å². The number of piperidine rings is 1. The molecular weight excluding hydrogens is 168 g/mol. The van der Waals surface area contributed by atoms with Gasteiger partial charge in [-0.3, -0.25) is 4.79 Å². The second-order valence-electron chi connectivity index (χ2n) is 4.01. The summed E-state index contributed by atoms with van der Waals surface area (Å²) in [7, 11) is 0. The normalized spacial score (nSPS) is 29.9. The number of hydrogen-bond acceptors (Lipinski definition) is 3. The van der Waals surface area contributed by atoms with Crippen molar-refractivity contribution in [1.29, 1.82) is 0 Å². The van der Waals surface area contributed by atoms with E-state index in [9.17, 15) is 4.79 Å². The molecule has 0 bridgehead atoms. The zero-order chi connectivity index (χ0) is 10.1. The number of hydrogen-bond donors (Lipinski definition) is 2. The first-order chi connectivity index (χ1) is 6.01. The van der Waals surface area contributed by atoms with E-state index in [1.165, 1.54) is 0 Å². The third kappa shape index (κ3) is 1.84. The highest BCUT2D eigenvalue weighted by Gasteiger charge is 2.40. The van der Waals surface area contributed by atoms with E-state index >= 15 is 0 Å². The monoisotopic (exact) mass is 186 g/mol. The van der Waals surface area contributed by atoms with E-state index in [0.717, 1.165) is 13.0 Å². The minimum absolute atomic E-state index is 0.115. The lowest BCUT2D eigenvalue weighted by molar-refractivity contribution is -0.143. The summed E-state index contributed by atoms with van der Waals surface area (Å²) in [4.78, 5) is 13.5. The van der Waals surface area contributed by atoms with Gasteiger partial charge in [0.15, 0.2) is 0 Å². The van der Waals surface area contributed by atoms with Gasteiger partial charge in [0.2, 0.25) is 5.91 Å². The van der Waals surface area contributed by atoms with Gasteiger partial charge < -0.3 is 15.7 Å². The lowest BCUT2D eigenvalue weighted by atomic mass is 9.89. The van der Waals surface area contributed by atoms with Crippen LogP contribution in [-0.4, -0.2) is 40.6 Å². The van der Waals surface area contributed by atoms with Crippen LogP contribution in [0.1, 0.15) is 26.7 Å². The molecule has 1 aliphatic heterocycles. The predicted octanol–water partition coefficient (Wildman–Crippen LogP) is -0.293. The number of aliphatic hydroxyl groups excluding tert-OH is 1. The number of likely N-dealkylation sites (tertiary alicyclic amines) is 1. The highest BCUT2D eigenvalue weighted by atomic mass is 16.3. The number of nitrogens with two attached hydrogens (primary N) is 1. The molecule has 1 unspecified atom stereocenters. The van der Waals surface area contributed by atoms with Gasteiger partial charge in [0.25, 0.3) is 0 Å². The van der Waals surface area contributed by atoms with Gasteiger partial charge in [0.05, 0.1) is 6.61 Å². The molecule has 0 aliphatic carbocycles. The molecule has 1 fully saturated rings. The molecule has 1 rings (SSSR count). The van der Waals surface area contributed by atoms with Crippen molar-refractivity contribution in [2.24, 2.45) is 5.73 Å². The van der Waals surface area contributed by atoms with Crippen molar-refractivity contribution in [3.05, 3.63) is 0 Å². The number of rotatable bonds is 2. The molecule has 1 atom stereocenters. The van der Waals surface area contributed by atoms with Crippen LogP contribution in [0.15, 0.2) is 0 Å². The van der Waals surface area contributed by atoms with E-state index in [2.05, 4.69) is 0 Å². The molecule has 1 amide bonds. The van der Waals surface area contributed by atoms with Gasteiger partial charge in [0.1, 0.15) is 5.54 Å². The lowest BCUT2D eigenvalue weighted by Crippen LogP contribution is -2.62. The molecular formula is C9H18N2O2. The number of carbonyl (C=O) groups excluding carboxylic acids is 1. The van der Waals surface area contributed by atoms with Crippen LogP contribution in [0.2, 0.25) is 0 Å². The lowest BCUT2D eigenvalue weighted by Gasteiger charge is -2.40. The molecule has 0 aromatic heterocycles. The smallest absolute Gasteiger partial charge is 0.245 e. The molecule has 13 heavy (non-hydrogen) atoms. The number of amides is 1. The summed E-state index contributed by atoms with van der Waals surface area (Å²) in [5.74, 6) is -0.115. The Morgan fingerprint density at radius 3 is 2.77 bits per heavy atom. The second kappa shape index (κ2) is 3.64. The molecule has 76 valence electrons. The zero-order valence-electron chi connectivity index (χ0n) is 8.29. The van der Waals surface area contributed by atoms with E-state index in [1.807, 2.05) is 13.8 Å². The van der Waals surface area contributed by atoms with Gasteiger partial charge in [-0.2, -0.15) is 0 Å². The van der Waals surface area contributed by atoms with Crippen molar-refractivity contribution in [3.8, 4) is 0 Å². The number of aliphatic hydroxyl groups is 1. The Hall–Kier alpha value is -0.610. The Bertz CT molecular complexity index is 206. The minimum Gasteiger partial charge on any atom is -0.394 e. The van der Waals surface area contributed by atoms with E-state index in [-0.39, 0.29) is 18.6 Å². The maximum Gasteiger partial charge on any atom is 0.245 e. The molecule has 0 aromatic carbocycles. The summed E-state index contributed by atoms with van der Waals surface area (Å²) in [6.07, 6.45) is 1.46. The summed E-state index contributed by atoms with van der Waals surface area (Å²) in [6, 6.07) is 0.169. The number of carbonyl (C=O) groups is 1. The SMILES string of the molecule is CC(C)N1CCCC(N)(CO)C1=O. The van der Waals surface area contributed by atoms with E-state index < -0.39 is 5.54 Å². The van der Waals surface area contributed by atoms with Crippen LogP contribution >= 0.6 is 0 Å². The van der Waals surface area contributed by atoms with Gasteiger partial charge >= 0.3 is 0 Å². The maximum atomic E-state index is 11.8. The highest BCUT2D eigenvalue weighted by Crippen LogP contribution is 2.21. The largest absolute Gasteiger partial charge is 0.394 e. The summed E-state index contributed by atoms with van der Waals surface area (Å²) >= 11 is 0. The van der Waals surface area contributed by atoms with E-state index in [1.54, 1.807) is 4.90 Å². The maximum absolute atomic E-state index is 11.8. The quantitative estimate of drug-likeness (QED) is 0.622. The average molecular weight is 186 g/mol. The van der Waals surface area contributed by atoms with Crippen LogP contribution in [0.25, 0.3) is 0 Å². The van der Waals surface area contributed by atoms with Crippen LogP contribution in [-0.2, 0) is 4.79 Å². The molecule has 1 saturated heterocycles. The summed E-state index contributed by atoms with van der Waals surface area (Å²) in [5.41, 5.74) is 4.76. The first-order valence-electron chi connectivity index (χ1n) is 4.72. The Balaban J connectivity index is 2.77. The van der Waals surface area contributed by atoms with Crippen LogP contribution in [0, 0.1) is 0 Å². The Labute approximate surface area is 78.7 Å². The summed E-state index contributed by atoms with van der Waals surface area (Å²) < 4.78 is 0. The van der Waals surface area contributed by atoms with Gasteiger partial charge in [-0.15, -0.1) is 0 Å². The second-order valence-corrected chi connectivity index (χ2v) is 4.01. The fraction of sp³-hybridized carbons (Fsp3) is 0.889. The Morgan fingerprint density at radius 1 is 1.69 bits per heavy atom. The van der Waals surface area contributed by atoms with Crippen molar-refractivity contribution >= 4 is 5.91 Å². The minimum atomic E-state index is -1.03. The van der Waals surface area contributed by atoms with E-state index in [4.69, 9.17) is 10.8 Å². The third-order valence-electron chi connectivity index (χ3n) is 2.61. The standard InChI is InChI=1S/C9H18N2O2/c1-7(2)11-5-3-4-9(10,6-12)8(11)13/h7,12H,3-6,10H2,1-2H3. The first kappa shape index (κ1) is 10.5. The van der Waals surface area contributed by atoms with Crippen molar-refractivity contribution in [3.63, 3.8) is 0 Å². The van der Waals surface area contributed by atoms with Gasteiger partial charge in [-0.05, 0) is 26.7 Å². The van der Waals surface area contributed by atoms with Gasteiger partial charge in [-0.25, -0.2) is 0 Å². The summed E-state index contributed by atoms with van der Waals surface area (Å²) in [5, 5.41) is 9.05. The fourth-order valence-electron chi connectivity index (χ4n) is 1.70. The molecule has 1 heterocycles. The van der Waals surface area contributed by atoms with Crippen LogP contribution in [0.5, 0.6) is 0 Å². The third-order valence-corrected chi connectivity index (χ3v) is 2.61. The van der Waals surface area contributed by atoms with Gasteiger partial charge in [-0.1, -0.05) is 0 Å². The van der Waals surface area contributed by atoms with Crippen molar-refractivity contribution in [1.82, 2.24) is 4.90 Å². The molecule has 0 saturated carbocycles. The predicted molar refractivity (Wildman–Crippen MR) is 50.1 cm³/mol. The Morgan fingerprint density at radius 2 is 2.31 bits per heavy atom. The fourth-order valence-corrected chi connectivity index (χ4v) is 1.70. The van der Waals surface area contributed by atoms with Crippen molar-refractivity contribution in [2.75, 3.05) is 13.2 Å². The topological polar surface area (TPSA) is 66.6 Å². The van der Waals surface area contributed by atoms with E-state index in [0.29, 0.717) is 6.42 Å². The Kier molecular flexibility index (Phi) is 2.93. The molecule has 4 nitrogen and oxygen atoms in total. The first-order valence-corrected chi connectivity index (χ1v) is 4.72. The van der Waals surface area contributed by atoms with Gasteiger partial charge in [0, 0.05) is 12.6 Å². The molecule has 0 radical (unpaired) electrons. The average Bonchev–Trinajstić information content (AvgIpc) is 2.09. The summed E-state index contributed by atoms with van der Waals surface area (Å²) in [6.45, 7) is 4.42. The van der Waals surface area contributed by atoms with Crippen LogP contribution < -0.4 is 5.73 Å². The molecule has 1 aliphatic rings.